The van der Waals surface area contributed by atoms with Gasteiger partial charge in [0.05, 0.1) is 60.8 Å². The molecule has 0 unspecified atom stereocenters. The molecule has 56 heavy (non-hydrogen) atoms. The second kappa shape index (κ2) is 24.4. The SMILES string of the molecule is CC(=O)NCC(=O)N1CCCC1.CCC.CCC.COC(=O)NCC(=O)N1CCCC1.Clc1cc(-c2cnc[nH]2)ccc1-n1ccc2c(-c3cnc[nH]3)csc21. The van der Waals surface area contributed by atoms with E-state index in [0.29, 0.717) is 5.02 Å². The van der Waals surface area contributed by atoms with Crippen LogP contribution >= 0.6 is 22.9 Å². The zero-order chi connectivity index (χ0) is 40.9. The van der Waals surface area contributed by atoms with Gasteiger partial charge in [-0.15, -0.1) is 11.3 Å². The summed E-state index contributed by atoms with van der Waals surface area (Å²) in [4.78, 5) is 62.8. The first-order valence-corrected chi connectivity index (χ1v) is 20.3. The van der Waals surface area contributed by atoms with Crippen molar-refractivity contribution in [3.05, 3.63) is 65.9 Å². The number of aromatic amines is 2. The number of nitrogens with zero attached hydrogens (tertiary/aromatic N) is 5. The van der Waals surface area contributed by atoms with Gasteiger partial charge in [0.15, 0.2) is 0 Å². The standard InChI is InChI=1S/C18H12ClN5S.C8H14N2O3.C8H14N2O2.2C3H8/c19-14-5-11(15-6-20-9-22-15)1-2-17(14)24-4-3-12-13(8-25-18(12)24)16-7-21-10-23-16;1-13-8(12)9-6-7(11)10-4-2-3-5-10;1-7(11)9-6-8(12)10-4-2-3-5-10;2*1-3-2/h1-10H,(H,20,22)(H,21,23);2-6H2,1H3,(H,9,12);2-6H2,1H3,(H,9,11);2*3H2,1-2H3. The summed E-state index contributed by atoms with van der Waals surface area (Å²) < 4.78 is 6.47. The lowest BCUT2D eigenvalue weighted by molar-refractivity contribution is -0.131. The van der Waals surface area contributed by atoms with Crippen molar-refractivity contribution >= 4 is 57.0 Å². The highest BCUT2D eigenvalue weighted by Gasteiger charge is 2.19. The topological polar surface area (TPSA) is 170 Å². The number of nitrogens with one attached hydrogen (secondary N) is 4. The lowest BCUT2D eigenvalue weighted by Gasteiger charge is -2.14. The number of aromatic nitrogens is 5. The fraction of sp³-hybridized carbons (Fsp3) is 0.450. The summed E-state index contributed by atoms with van der Waals surface area (Å²) in [6, 6.07) is 8.15. The van der Waals surface area contributed by atoms with Crippen LogP contribution < -0.4 is 10.6 Å². The molecule has 2 fully saturated rings. The van der Waals surface area contributed by atoms with Crippen molar-refractivity contribution in [2.75, 3.05) is 46.4 Å². The van der Waals surface area contributed by atoms with E-state index in [0.717, 1.165) is 84.9 Å². The van der Waals surface area contributed by atoms with Gasteiger partial charge in [0.1, 0.15) is 11.4 Å². The van der Waals surface area contributed by atoms with Crippen LogP contribution in [-0.2, 0) is 19.1 Å². The molecular formula is C40H56ClN9O5S. The number of amides is 4. The molecule has 14 nitrogen and oxygen atoms in total. The number of imidazole rings is 2. The van der Waals surface area contributed by atoms with Crippen LogP contribution in [0.5, 0.6) is 0 Å². The van der Waals surface area contributed by atoms with E-state index in [9.17, 15) is 19.2 Å². The Balaban J connectivity index is 0.000000230. The van der Waals surface area contributed by atoms with Gasteiger partial charge in [-0.05, 0) is 43.9 Å². The molecule has 0 saturated carbocycles. The van der Waals surface area contributed by atoms with E-state index in [2.05, 4.69) is 85.2 Å². The van der Waals surface area contributed by atoms with Crippen molar-refractivity contribution in [2.45, 2.75) is 73.1 Å². The van der Waals surface area contributed by atoms with E-state index >= 15 is 0 Å². The molecule has 0 bridgehead atoms. The van der Waals surface area contributed by atoms with Crippen LogP contribution in [0.3, 0.4) is 0 Å². The number of rotatable bonds is 7. The van der Waals surface area contributed by atoms with E-state index in [-0.39, 0.29) is 30.8 Å². The van der Waals surface area contributed by atoms with E-state index in [1.54, 1.807) is 40.0 Å². The van der Waals surface area contributed by atoms with Crippen LogP contribution in [0.25, 0.3) is 38.4 Å². The predicted molar refractivity (Wildman–Crippen MR) is 224 cm³/mol. The molecule has 4 amide bonds. The average Bonchev–Trinajstić information content (AvgIpc) is 4.05. The molecule has 0 spiro atoms. The van der Waals surface area contributed by atoms with Crippen LogP contribution in [0.4, 0.5) is 4.79 Å². The number of carbonyl (C=O) groups is 4. The van der Waals surface area contributed by atoms with E-state index < -0.39 is 6.09 Å². The van der Waals surface area contributed by atoms with Crippen LogP contribution in [-0.4, -0.2) is 104 Å². The van der Waals surface area contributed by atoms with Gasteiger partial charge in [-0.2, -0.15) is 0 Å². The number of ether oxygens (including phenoxy) is 1. The Bertz CT molecular complexity index is 1910. The van der Waals surface area contributed by atoms with Crippen LogP contribution in [0.15, 0.2) is 60.9 Å². The summed E-state index contributed by atoms with van der Waals surface area (Å²) >= 11 is 8.27. The number of alkyl carbamates (subject to hydrolysis) is 1. The molecule has 16 heteroatoms. The number of fused-ring (bicyclic) bond motifs is 1. The van der Waals surface area contributed by atoms with E-state index in [1.807, 2.05) is 24.4 Å². The van der Waals surface area contributed by atoms with Gasteiger partial charge in [0.2, 0.25) is 17.7 Å². The lowest BCUT2D eigenvalue weighted by Crippen LogP contribution is -2.38. The highest BCUT2D eigenvalue weighted by Crippen LogP contribution is 2.37. The van der Waals surface area contributed by atoms with E-state index in [1.165, 1.54) is 32.3 Å². The first-order valence-electron chi connectivity index (χ1n) is 19.1. The predicted octanol–water partition coefficient (Wildman–Crippen LogP) is 7.67. The minimum absolute atomic E-state index is 0.0303. The number of thiophene rings is 1. The zero-order valence-corrected chi connectivity index (χ0v) is 34.9. The summed E-state index contributed by atoms with van der Waals surface area (Å²) in [6.07, 6.45) is 15.3. The van der Waals surface area contributed by atoms with Gasteiger partial charge in [-0.1, -0.05) is 58.2 Å². The van der Waals surface area contributed by atoms with Crippen molar-refractivity contribution in [3.8, 4) is 28.2 Å². The number of H-pyrrole nitrogens is 2. The van der Waals surface area contributed by atoms with Crippen LogP contribution in [0.1, 0.15) is 73.1 Å². The summed E-state index contributed by atoms with van der Waals surface area (Å²) in [5.74, 6) is -0.159. The molecule has 4 N–H and O–H groups in total. The number of carbonyl (C=O) groups excluding carboxylic acids is 4. The Morgan fingerprint density at radius 3 is 1.84 bits per heavy atom. The Hall–Kier alpha value is -5.15. The third-order valence-corrected chi connectivity index (χ3v) is 9.49. The molecule has 4 aromatic heterocycles. The summed E-state index contributed by atoms with van der Waals surface area (Å²) in [5.41, 5.74) is 5.09. The molecule has 0 atom stereocenters. The average molecular weight is 810 g/mol. The van der Waals surface area contributed by atoms with Gasteiger partial charge in [0, 0.05) is 61.2 Å². The number of hydrogen-bond acceptors (Lipinski definition) is 8. The summed E-state index contributed by atoms with van der Waals surface area (Å²) in [5, 5.41) is 8.87. The molecule has 5 aromatic rings. The lowest BCUT2D eigenvalue weighted by atomic mass is 10.1. The number of benzene rings is 1. The van der Waals surface area contributed by atoms with Crippen molar-refractivity contribution in [1.29, 1.82) is 0 Å². The number of likely N-dealkylation sites (tertiary alicyclic amines) is 2. The van der Waals surface area contributed by atoms with Crippen LogP contribution in [0, 0.1) is 0 Å². The van der Waals surface area contributed by atoms with Gasteiger partial charge >= 0.3 is 6.09 Å². The van der Waals surface area contributed by atoms with Gasteiger partial charge in [-0.3, -0.25) is 14.4 Å². The highest BCUT2D eigenvalue weighted by molar-refractivity contribution is 7.17. The maximum Gasteiger partial charge on any atom is 0.407 e. The number of halogens is 1. The zero-order valence-electron chi connectivity index (χ0n) is 33.3. The van der Waals surface area contributed by atoms with Gasteiger partial charge in [-0.25, -0.2) is 14.8 Å². The summed E-state index contributed by atoms with van der Waals surface area (Å²) in [7, 11) is 1.27. The molecule has 304 valence electrons. The first kappa shape index (κ1) is 45.2. The smallest absolute Gasteiger partial charge is 0.407 e. The van der Waals surface area contributed by atoms with Crippen molar-refractivity contribution in [1.82, 2.24) is 44.9 Å². The van der Waals surface area contributed by atoms with Gasteiger partial charge in [0.25, 0.3) is 0 Å². The molecule has 2 aliphatic heterocycles. The minimum Gasteiger partial charge on any atom is -0.453 e. The number of hydrogen-bond donors (Lipinski definition) is 4. The Morgan fingerprint density at radius 2 is 1.36 bits per heavy atom. The third-order valence-electron chi connectivity index (χ3n) is 8.20. The molecule has 6 heterocycles. The molecule has 0 aliphatic carbocycles. The monoisotopic (exact) mass is 809 g/mol. The van der Waals surface area contributed by atoms with Gasteiger partial charge < -0.3 is 39.7 Å². The minimum atomic E-state index is -0.562. The van der Waals surface area contributed by atoms with E-state index in [4.69, 9.17) is 11.6 Å². The van der Waals surface area contributed by atoms with Crippen molar-refractivity contribution in [2.24, 2.45) is 0 Å². The Kier molecular flexibility index (Phi) is 19.7. The molecule has 1 aromatic carbocycles. The second-order valence-electron chi connectivity index (χ2n) is 13.0. The Morgan fingerprint density at radius 1 is 0.821 bits per heavy atom. The molecule has 2 saturated heterocycles. The number of methoxy groups -OCH3 is 1. The van der Waals surface area contributed by atoms with Crippen molar-refractivity contribution in [3.63, 3.8) is 0 Å². The fourth-order valence-electron chi connectivity index (χ4n) is 5.58. The largest absolute Gasteiger partial charge is 0.453 e. The maximum absolute atomic E-state index is 11.3. The third kappa shape index (κ3) is 13.9. The molecular weight excluding hydrogens is 754 g/mol. The second-order valence-corrected chi connectivity index (χ2v) is 14.3. The fourth-order valence-corrected chi connectivity index (χ4v) is 6.92. The molecule has 2 aliphatic rings. The molecule has 7 rings (SSSR count). The Labute approximate surface area is 338 Å². The molecule has 0 radical (unpaired) electrons. The quantitative estimate of drug-likeness (QED) is 0.131. The maximum atomic E-state index is 11.3. The normalized spacial score (nSPS) is 12.8. The first-order chi connectivity index (χ1) is 27.1. The van der Waals surface area contributed by atoms with Crippen LogP contribution in [0.2, 0.25) is 5.02 Å². The summed E-state index contributed by atoms with van der Waals surface area (Å²) in [6.45, 7) is 13.4. The highest BCUT2D eigenvalue weighted by atomic mass is 35.5. The van der Waals surface area contributed by atoms with Crippen molar-refractivity contribution < 1.29 is 23.9 Å².